The van der Waals surface area contributed by atoms with Crippen LogP contribution < -0.4 is 10.1 Å². The second-order valence-corrected chi connectivity index (χ2v) is 5.26. The Morgan fingerprint density at radius 1 is 1.33 bits per heavy atom. The van der Waals surface area contributed by atoms with E-state index in [1.54, 1.807) is 23.1 Å². The largest absolute Gasteiger partial charge is 0.495 e. The number of hydrogen-bond acceptors (Lipinski definition) is 4. The molecule has 0 spiro atoms. The van der Waals surface area contributed by atoms with Crippen molar-refractivity contribution >= 4 is 17.6 Å². The van der Waals surface area contributed by atoms with Crippen molar-refractivity contribution in [3.63, 3.8) is 0 Å². The smallest absolute Gasteiger partial charge is 0.317 e. The number of anilines is 1. The zero-order valence-electron chi connectivity index (χ0n) is 12.0. The molecule has 2 N–H and O–H groups in total. The zero-order valence-corrected chi connectivity index (χ0v) is 12.0. The highest BCUT2D eigenvalue weighted by atomic mass is 16.5. The van der Waals surface area contributed by atoms with Crippen molar-refractivity contribution in [3.05, 3.63) is 24.3 Å². The normalized spacial score (nSPS) is 14.0. The molecule has 1 fully saturated rings. The van der Waals surface area contributed by atoms with Gasteiger partial charge in [-0.1, -0.05) is 12.1 Å². The minimum Gasteiger partial charge on any atom is -0.495 e. The Morgan fingerprint density at radius 3 is 2.67 bits per heavy atom. The first-order valence-electron chi connectivity index (χ1n) is 6.95. The van der Waals surface area contributed by atoms with Crippen LogP contribution in [0.15, 0.2) is 24.3 Å². The number of amides is 1. The van der Waals surface area contributed by atoms with E-state index in [4.69, 9.17) is 9.84 Å². The van der Waals surface area contributed by atoms with Gasteiger partial charge >= 0.3 is 5.97 Å². The van der Waals surface area contributed by atoms with Gasteiger partial charge in [0, 0.05) is 6.54 Å². The first-order valence-corrected chi connectivity index (χ1v) is 6.95. The average molecular weight is 292 g/mol. The lowest BCUT2D eigenvalue weighted by atomic mass is 10.3. The van der Waals surface area contributed by atoms with Crippen LogP contribution in [0.5, 0.6) is 5.75 Å². The number of hydrogen-bond donors (Lipinski definition) is 2. The van der Waals surface area contributed by atoms with Crippen LogP contribution in [0.1, 0.15) is 12.8 Å². The molecule has 0 aliphatic heterocycles. The van der Waals surface area contributed by atoms with Gasteiger partial charge < -0.3 is 15.2 Å². The molecule has 2 rings (SSSR count). The van der Waals surface area contributed by atoms with Gasteiger partial charge in [0.05, 0.1) is 25.9 Å². The van der Waals surface area contributed by atoms with Crippen molar-refractivity contribution in [2.75, 3.05) is 32.1 Å². The fourth-order valence-corrected chi connectivity index (χ4v) is 2.18. The maximum absolute atomic E-state index is 12.1. The van der Waals surface area contributed by atoms with Crippen molar-refractivity contribution < 1.29 is 19.4 Å². The molecule has 1 aromatic carbocycles. The van der Waals surface area contributed by atoms with Crippen LogP contribution in [-0.4, -0.2) is 48.6 Å². The Hall–Kier alpha value is -2.08. The number of carboxylic acids is 1. The molecule has 0 bridgehead atoms. The molecular weight excluding hydrogens is 272 g/mol. The van der Waals surface area contributed by atoms with E-state index >= 15 is 0 Å². The van der Waals surface area contributed by atoms with Crippen LogP contribution in [-0.2, 0) is 9.59 Å². The number of carbonyl (C=O) groups is 2. The van der Waals surface area contributed by atoms with Crippen LogP contribution in [0, 0.1) is 5.92 Å². The Bertz CT molecular complexity index is 514. The summed E-state index contributed by atoms with van der Waals surface area (Å²) in [7, 11) is 1.54. The third kappa shape index (κ3) is 5.07. The van der Waals surface area contributed by atoms with E-state index < -0.39 is 5.97 Å². The number of benzene rings is 1. The van der Waals surface area contributed by atoms with Gasteiger partial charge in [0.2, 0.25) is 5.91 Å². The van der Waals surface area contributed by atoms with Gasteiger partial charge in [0.25, 0.3) is 0 Å². The highest BCUT2D eigenvalue weighted by molar-refractivity contribution is 5.93. The van der Waals surface area contributed by atoms with Crippen LogP contribution in [0.2, 0.25) is 0 Å². The number of carbonyl (C=O) groups excluding carboxylic acids is 1. The molecule has 6 heteroatoms. The number of methoxy groups -OCH3 is 1. The molecule has 6 nitrogen and oxygen atoms in total. The number of carboxylic acid groups (broad SMARTS) is 1. The highest BCUT2D eigenvalue weighted by Gasteiger charge is 2.26. The second kappa shape index (κ2) is 7.08. The maximum Gasteiger partial charge on any atom is 0.317 e. The van der Waals surface area contributed by atoms with E-state index in [2.05, 4.69) is 5.32 Å². The Balaban J connectivity index is 1.92. The first kappa shape index (κ1) is 15.3. The number of para-hydroxylation sites is 2. The second-order valence-electron chi connectivity index (χ2n) is 5.26. The molecule has 1 aliphatic carbocycles. The summed E-state index contributed by atoms with van der Waals surface area (Å²) in [4.78, 5) is 24.6. The van der Waals surface area contributed by atoms with E-state index in [1.165, 1.54) is 7.11 Å². The van der Waals surface area contributed by atoms with Gasteiger partial charge in [-0.25, -0.2) is 0 Å². The maximum atomic E-state index is 12.1. The number of aliphatic carboxylic acids is 1. The third-order valence-corrected chi connectivity index (χ3v) is 3.32. The lowest BCUT2D eigenvalue weighted by Crippen LogP contribution is -2.38. The molecule has 0 atom stereocenters. The fraction of sp³-hybridized carbons (Fsp3) is 0.467. The summed E-state index contributed by atoms with van der Waals surface area (Å²) in [6.07, 6.45) is 2.23. The van der Waals surface area contributed by atoms with E-state index in [-0.39, 0.29) is 19.0 Å². The van der Waals surface area contributed by atoms with Crippen LogP contribution >= 0.6 is 0 Å². The molecular formula is C15H20N2O4. The molecule has 0 aromatic heterocycles. The minimum absolute atomic E-state index is 0.0703. The minimum atomic E-state index is -0.916. The molecule has 21 heavy (non-hydrogen) atoms. The van der Waals surface area contributed by atoms with E-state index in [9.17, 15) is 9.59 Å². The summed E-state index contributed by atoms with van der Waals surface area (Å²) >= 11 is 0. The van der Waals surface area contributed by atoms with Crippen molar-refractivity contribution in [3.8, 4) is 5.75 Å². The summed E-state index contributed by atoms with van der Waals surface area (Å²) in [6, 6.07) is 7.13. The van der Waals surface area contributed by atoms with Crippen molar-refractivity contribution in [1.82, 2.24) is 4.90 Å². The quantitative estimate of drug-likeness (QED) is 0.758. The third-order valence-electron chi connectivity index (χ3n) is 3.32. The van der Waals surface area contributed by atoms with Crippen LogP contribution in [0.3, 0.4) is 0 Å². The molecule has 0 unspecified atom stereocenters. The summed E-state index contributed by atoms with van der Waals surface area (Å²) in [5, 5.41) is 11.7. The Morgan fingerprint density at radius 2 is 2.05 bits per heavy atom. The van der Waals surface area contributed by atoms with Gasteiger partial charge in [0.1, 0.15) is 5.75 Å². The van der Waals surface area contributed by atoms with Gasteiger partial charge in [-0.15, -0.1) is 0 Å². The SMILES string of the molecule is COc1ccccc1NC(=O)CN(CC(=O)O)CC1CC1. The molecule has 1 saturated carbocycles. The Labute approximate surface area is 123 Å². The monoisotopic (exact) mass is 292 g/mol. The van der Waals surface area contributed by atoms with Crippen molar-refractivity contribution in [2.45, 2.75) is 12.8 Å². The lowest BCUT2D eigenvalue weighted by molar-refractivity contribution is -0.138. The molecule has 0 heterocycles. The number of nitrogens with zero attached hydrogens (tertiary/aromatic N) is 1. The summed E-state index contributed by atoms with van der Waals surface area (Å²) < 4.78 is 5.17. The van der Waals surface area contributed by atoms with Crippen molar-refractivity contribution in [1.29, 1.82) is 0 Å². The standard InChI is InChI=1S/C15H20N2O4/c1-21-13-5-3-2-4-12(13)16-14(18)9-17(10-15(19)20)8-11-6-7-11/h2-5,11H,6-10H2,1H3,(H,16,18)(H,19,20). The summed E-state index contributed by atoms with van der Waals surface area (Å²) in [6.45, 7) is 0.613. The highest BCUT2D eigenvalue weighted by Crippen LogP contribution is 2.29. The molecule has 1 aliphatic rings. The number of ether oxygens (including phenoxy) is 1. The predicted molar refractivity (Wildman–Crippen MR) is 78.4 cm³/mol. The summed E-state index contributed by atoms with van der Waals surface area (Å²) in [5.74, 6) is -0.0385. The van der Waals surface area contributed by atoms with Crippen LogP contribution in [0.25, 0.3) is 0 Å². The van der Waals surface area contributed by atoms with E-state index in [0.29, 0.717) is 23.9 Å². The summed E-state index contributed by atoms with van der Waals surface area (Å²) in [5.41, 5.74) is 0.590. The predicted octanol–water partition coefficient (Wildman–Crippen LogP) is 1.43. The van der Waals surface area contributed by atoms with Gasteiger partial charge in [-0.05, 0) is 30.9 Å². The molecule has 114 valence electrons. The molecule has 0 radical (unpaired) electrons. The zero-order chi connectivity index (χ0) is 15.2. The van der Waals surface area contributed by atoms with Crippen molar-refractivity contribution in [2.24, 2.45) is 5.92 Å². The Kier molecular flexibility index (Phi) is 5.16. The molecule has 1 aromatic rings. The topological polar surface area (TPSA) is 78.9 Å². The first-order chi connectivity index (χ1) is 10.1. The van der Waals surface area contributed by atoms with Crippen LogP contribution in [0.4, 0.5) is 5.69 Å². The lowest BCUT2D eigenvalue weighted by Gasteiger charge is -2.19. The van der Waals surface area contributed by atoms with Gasteiger partial charge in [-0.3, -0.25) is 14.5 Å². The molecule has 1 amide bonds. The number of rotatable bonds is 8. The average Bonchev–Trinajstić information content (AvgIpc) is 3.22. The fourth-order valence-electron chi connectivity index (χ4n) is 2.18. The van der Waals surface area contributed by atoms with Gasteiger partial charge in [0.15, 0.2) is 0 Å². The van der Waals surface area contributed by atoms with Gasteiger partial charge in [-0.2, -0.15) is 0 Å². The molecule has 0 saturated heterocycles. The van der Waals surface area contributed by atoms with E-state index in [0.717, 1.165) is 12.8 Å². The number of nitrogens with one attached hydrogen (secondary N) is 1. The van der Waals surface area contributed by atoms with E-state index in [1.807, 2.05) is 6.07 Å².